The molecule has 1 aliphatic carbocycles. The maximum Gasteiger partial charge on any atom is 0.307 e. The van der Waals surface area contributed by atoms with Crippen molar-refractivity contribution in [3.05, 3.63) is 29.3 Å². The SMILES string of the molecule is COc1c([C@@H]2CC(C)(C)CC2C(=O)O)ccc(F)c1F. The van der Waals surface area contributed by atoms with Crippen LogP contribution in [0.4, 0.5) is 8.78 Å². The normalized spacial score (nSPS) is 24.6. The van der Waals surface area contributed by atoms with Gasteiger partial charge in [-0.3, -0.25) is 4.79 Å². The molecule has 0 spiro atoms. The van der Waals surface area contributed by atoms with E-state index >= 15 is 0 Å². The standard InChI is InChI=1S/C15H18F2O3/c1-15(2)6-9(10(7-15)14(18)19)8-4-5-11(16)12(17)13(8)20-3/h4-5,9-10H,6-7H2,1-3H3,(H,18,19)/t9-,10?/m0/s1. The van der Waals surface area contributed by atoms with Crippen molar-refractivity contribution in [1.29, 1.82) is 0 Å². The fraction of sp³-hybridized carbons (Fsp3) is 0.533. The van der Waals surface area contributed by atoms with Crippen LogP contribution in [0.3, 0.4) is 0 Å². The molecule has 20 heavy (non-hydrogen) atoms. The summed E-state index contributed by atoms with van der Waals surface area (Å²) in [6, 6.07) is 2.46. The van der Waals surface area contributed by atoms with E-state index in [9.17, 15) is 18.7 Å². The van der Waals surface area contributed by atoms with Gasteiger partial charge in [0.25, 0.3) is 0 Å². The third kappa shape index (κ3) is 2.49. The Morgan fingerprint density at radius 3 is 2.55 bits per heavy atom. The lowest BCUT2D eigenvalue weighted by Gasteiger charge is -2.20. The Morgan fingerprint density at radius 1 is 1.35 bits per heavy atom. The second-order valence-corrected chi connectivity index (χ2v) is 6.11. The Morgan fingerprint density at radius 2 is 2.00 bits per heavy atom. The van der Waals surface area contributed by atoms with E-state index in [4.69, 9.17) is 4.74 Å². The van der Waals surface area contributed by atoms with Gasteiger partial charge in [0.1, 0.15) is 0 Å². The van der Waals surface area contributed by atoms with Gasteiger partial charge in [-0.25, -0.2) is 4.39 Å². The van der Waals surface area contributed by atoms with Crippen molar-refractivity contribution in [2.24, 2.45) is 11.3 Å². The fourth-order valence-corrected chi connectivity index (χ4v) is 3.19. The van der Waals surface area contributed by atoms with Crippen LogP contribution in [0.25, 0.3) is 0 Å². The fourth-order valence-electron chi connectivity index (χ4n) is 3.19. The number of aliphatic carboxylic acids is 1. The van der Waals surface area contributed by atoms with Crippen LogP contribution in [0, 0.1) is 23.0 Å². The minimum atomic E-state index is -1.06. The lowest BCUT2D eigenvalue weighted by atomic mass is 9.87. The van der Waals surface area contributed by atoms with Crippen molar-refractivity contribution in [3.8, 4) is 5.75 Å². The van der Waals surface area contributed by atoms with Crippen molar-refractivity contribution < 1.29 is 23.4 Å². The summed E-state index contributed by atoms with van der Waals surface area (Å²) in [6.07, 6.45) is 1.11. The predicted molar refractivity (Wildman–Crippen MR) is 69.8 cm³/mol. The summed E-state index contributed by atoms with van der Waals surface area (Å²) in [6.45, 7) is 3.96. The lowest BCUT2D eigenvalue weighted by Crippen LogP contribution is -2.18. The average molecular weight is 284 g/mol. The molecule has 2 rings (SSSR count). The molecule has 0 saturated heterocycles. The molecule has 1 aromatic carbocycles. The summed E-state index contributed by atoms with van der Waals surface area (Å²) in [5, 5.41) is 9.36. The highest BCUT2D eigenvalue weighted by molar-refractivity contribution is 5.72. The van der Waals surface area contributed by atoms with Crippen LogP contribution < -0.4 is 4.74 Å². The van der Waals surface area contributed by atoms with Crippen molar-refractivity contribution in [2.45, 2.75) is 32.6 Å². The van der Waals surface area contributed by atoms with Crippen LogP contribution in [-0.4, -0.2) is 18.2 Å². The van der Waals surface area contributed by atoms with E-state index < -0.39 is 23.5 Å². The number of hydrogen-bond acceptors (Lipinski definition) is 2. The monoisotopic (exact) mass is 284 g/mol. The quantitative estimate of drug-likeness (QED) is 0.922. The van der Waals surface area contributed by atoms with Crippen LogP contribution in [0.5, 0.6) is 5.75 Å². The number of carbonyl (C=O) groups is 1. The molecule has 0 radical (unpaired) electrons. The maximum atomic E-state index is 13.8. The highest BCUT2D eigenvalue weighted by Crippen LogP contribution is 2.52. The molecule has 1 aliphatic rings. The first-order valence-electron chi connectivity index (χ1n) is 6.51. The zero-order chi connectivity index (χ0) is 15.1. The van der Waals surface area contributed by atoms with Crippen LogP contribution in [0.15, 0.2) is 12.1 Å². The van der Waals surface area contributed by atoms with Gasteiger partial charge in [-0.1, -0.05) is 19.9 Å². The van der Waals surface area contributed by atoms with Gasteiger partial charge in [0.15, 0.2) is 11.6 Å². The molecule has 3 nitrogen and oxygen atoms in total. The van der Waals surface area contributed by atoms with E-state index in [2.05, 4.69) is 0 Å². The van der Waals surface area contributed by atoms with Crippen molar-refractivity contribution in [3.63, 3.8) is 0 Å². The largest absolute Gasteiger partial charge is 0.493 e. The Bertz CT molecular complexity index is 540. The molecule has 0 bridgehead atoms. The van der Waals surface area contributed by atoms with Gasteiger partial charge in [-0.05, 0) is 24.3 Å². The second kappa shape index (κ2) is 5.04. The van der Waals surface area contributed by atoms with E-state index in [1.54, 1.807) is 0 Å². The Balaban J connectivity index is 2.50. The van der Waals surface area contributed by atoms with Gasteiger partial charge in [-0.2, -0.15) is 4.39 Å². The molecule has 1 aromatic rings. The first-order chi connectivity index (χ1) is 9.26. The Kier molecular flexibility index (Phi) is 3.71. The molecule has 0 heterocycles. The Labute approximate surface area is 116 Å². The minimum Gasteiger partial charge on any atom is -0.493 e. The second-order valence-electron chi connectivity index (χ2n) is 6.11. The number of hydrogen-bond donors (Lipinski definition) is 1. The van der Waals surface area contributed by atoms with Gasteiger partial charge in [-0.15, -0.1) is 0 Å². The summed E-state index contributed by atoms with van der Waals surface area (Å²) in [4.78, 5) is 11.4. The number of rotatable bonds is 3. The lowest BCUT2D eigenvalue weighted by molar-refractivity contribution is -0.142. The smallest absolute Gasteiger partial charge is 0.307 e. The van der Waals surface area contributed by atoms with E-state index in [1.807, 2.05) is 13.8 Å². The van der Waals surface area contributed by atoms with Crippen molar-refractivity contribution >= 4 is 5.97 Å². The van der Waals surface area contributed by atoms with E-state index in [0.29, 0.717) is 18.4 Å². The number of carboxylic acids is 1. The van der Waals surface area contributed by atoms with Gasteiger partial charge in [0.05, 0.1) is 13.0 Å². The topological polar surface area (TPSA) is 46.5 Å². The van der Waals surface area contributed by atoms with Gasteiger partial charge >= 0.3 is 5.97 Å². The van der Waals surface area contributed by atoms with Crippen LogP contribution in [0.1, 0.15) is 38.2 Å². The maximum absolute atomic E-state index is 13.8. The third-order valence-electron chi connectivity index (χ3n) is 4.03. The molecule has 0 aliphatic heterocycles. The molecule has 1 N–H and O–H groups in total. The van der Waals surface area contributed by atoms with Crippen LogP contribution in [0.2, 0.25) is 0 Å². The van der Waals surface area contributed by atoms with Crippen molar-refractivity contribution in [2.75, 3.05) is 7.11 Å². The van der Waals surface area contributed by atoms with E-state index in [1.165, 1.54) is 13.2 Å². The average Bonchev–Trinajstić information content (AvgIpc) is 2.68. The van der Waals surface area contributed by atoms with Gasteiger partial charge in [0.2, 0.25) is 5.82 Å². The minimum absolute atomic E-state index is 0.149. The summed E-state index contributed by atoms with van der Waals surface area (Å²) in [5.74, 6) is -4.11. The highest BCUT2D eigenvalue weighted by atomic mass is 19.2. The first kappa shape index (κ1) is 14.8. The van der Waals surface area contributed by atoms with E-state index in [0.717, 1.165) is 6.07 Å². The Hall–Kier alpha value is -1.65. The van der Waals surface area contributed by atoms with E-state index in [-0.39, 0.29) is 17.1 Å². The molecule has 0 aromatic heterocycles. The molecule has 1 saturated carbocycles. The number of methoxy groups -OCH3 is 1. The third-order valence-corrected chi connectivity index (χ3v) is 4.03. The zero-order valence-corrected chi connectivity index (χ0v) is 11.7. The molecule has 1 fully saturated rings. The van der Waals surface area contributed by atoms with Gasteiger partial charge < -0.3 is 9.84 Å². The molecule has 2 atom stereocenters. The predicted octanol–water partition coefficient (Wildman–Crippen LogP) is 3.58. The molecule has 110 valence electrons. The summed E-state index contributed by atoms with van der Waals surface area (Å²) in [7, 11) is 1.26. The molecule has 5 heteroatoms. The zero-order valence-electron chi connectivity index (χ0n) is 11.7. The number of benzene rings is 1. The molecule has 0 amide bonds. The summed E-state index contributed by atoms with van der Waals surface area (Å²) in [5.41, 5.74) is 0.285. The van der Waals surface area contributed by atoms with Gasteiger partial charge in [0, 0.05) is 11.5 Å². The van der Waals surface area contributed by atoms with Crippen molar-refractivity contribution in [1.82, 2.24) is 0 Å². The molecular weight excluding hydrogens is 266 g/mol. The number of ether oxygens (including phenoxy) is 1. The van der Waals surface area contributed by atoms with Crippen LogP contribution >= 0.6 is 0 Å². The number of halogens is 2. The summed E-state index contributed by atoms with van der Waals surface area (Å²) >= 11 is 0. The molecular formula is C15H18F2O3. The number of carboxylic acid groups (broad SMARTS) is 1. The summed E-state index contributed by atoms with van der Waals surface area (Å²) < 4.78 is 32.0. The highest BCUT2D eigenvalue weighted by Gasteiger charge is 2.45. The molecule has 1 unspecified atom stereocenters. The first-order valence-corrected chi connectivity index (χ1v) is 6.51. The van der Waals surface area contributed by atoms with Crippen LogP contribution in [-0.2, 0) is 4.79 Å².